The van der Waals surface area contributed by atoms with Crippen LogP contribution in [0.5, 0.6) is 5.75 Å². The monoisotopic (exact) mass is 713 g/mol. The number of carbonyl (C=O) groups is 4. The molecule has 1 saturated carbocycles. The Bertz CT molecular complexity index is 1440. The number of methoxy groups -OCH3 is 1. The van der Waals surface area contributed by atoms with E-state index < -0.39 is 66.5 Å². The van der Waals surface area contributed by atoms with E-state index in [9.17, 15) is 34.5 Å². The summed E-state index contributed by atoms with van der Waals surface area (Å²) in [6, 6.07) is 3.25. The number of likely N-dealkylation sites (tertiary alicyclic amines) is 1. The summed E-state index contributed by atoms with van der Waals surface area (Å²) in [6.07, 6.45) is 3.95. The number of aliphatic hydroxyl groups excluding tert-OH is 3. The fourth-order valence-electron chi connectivity index (χ4n) is 7.06. The summed E-state index contributed by atoms with van der Waals surface area (Å²) in [5.41, 5.74) is 1.27. The van der Waals surface area contributed by atoms with Gasteiger partial charge in [-0.2, -0.15) is 0 Å². The lowest BCUT2D eigenvalue weighted by Crippen LogP contribution is -2.59. The molecular formula is C35H51N7O9. The number of H-pyrrole nitrogens is 1. The van der Waals surface area contributed by atoms with Crippen molar-refractivity contribution in [3.8, 4) is 5.75 Å². The molecule has 1 aliphatic carbocycles. The maximum absolute atomic E-state index is 14.2. The standard InChI is InChI=1S/C35H51N7O9/c1-3-41-19-30(51-35(41)49)31(45)25(13-21-7-5-4-6-8-21)38-33(47)27(15-23-16-36-20-37-23)39-32(46)26(14-22-9-11-24(50-2)12-10-22)40-34(48)42-17-28(43)29(44)18-42/h9-12,16,20-21,25-31,43-45H,3-8,13-15,17-19H2,1-2H3,(H,36,37)(H,38,47)(H,39,46)(H,40,48)/t25-,26-,27-,28-,29+,30-,31+/m0/s1. The first-order chi connectivity index (χ1) is 24.5. The highest BCUT2D eigenvalue weighted by Crippen LogP contribution is 2.29. The molecule has 7 N–H and O–H groups in total. The van der Waals surface area contributed by atoms with Crippen LogP contribution >= 0.6 is 0 Å². The normalized spacial score (nSPS) is 23.2. The molecule has 16 heteroatoms. The predicted molar refractivity (Wildman–Crippen MR) is 183 cm³/mol. The van der Waals surface area contributed by atoms with Gasteiger partial charge in [0, 0.05) is 31.3 Å². The molecule has 0 radical (unpaired) electrons. The molecule has 2 saturated heterocycles. The van der Waals surface area contributed by atoms with Crippen LogP contribution in [0.15, 0.2) is 36.8 Å². The topological polar surface area (TPSA) is 219 Å². The minimum Gasteiger partial charge on any atom is -0.497 e. The Morgan fingerprint density at radius 1 is 0.980 bits per heavy atom. The number of aromatic amines is 1. The number of β-amino-alcohol motifs (C(OH)–C–C–N with tert-alkyl or cyclic N) is 2. The number of carbonyl (C=O) groups excluding carboxylic acids is 4. The van der Waals surface area contributed by atoms with Crippen molar-refractivity contribution < 1.29 is 44.0 Å². The molecule has 3 aliphatic rings. The molecule has 5 rings (SSSR count). The summed E-state index contributed by atoms with van der Waals surface area (Å²) in [4.78, 5) is 63.6. The second-order valence-corrected chi connectivity index (χ2v) is 13.7. The molecule has 3 fully saturated rings. The maximum atomic E-state index is 14.2. The van der Waals surface area contributed by atoms with Gasteiger partial charge in [-0.15, -0.1) is 0 Å². The van der Waals surface area contributed by atoms with Crippen LogP contribution in [0.25, 0.3) is 0 Å². The number of cyclic esters (lactones) is 1. The van der Waals surface area contributed by atoms with Crippen molar-refractivity contribution in [3.63, 3.8) is 0 Å². The number of nitrogens with one attached hydrogen (secondary N) is 4. The van der Waals surface area contributed by atoms with E-state index in [2.05, 4.69) is 25.9 Å². The Morgan fingerprint density at radius 3 is 2.25 bits per heavy atom. The summed E-state index contributed by atoms with van der Waals surface area (Å²) in [7, 11) is 1.54. The zero-order valence-electron chi connectivity index (χ0n) is 29.2. The number of aromatic nitrogens is 2. The van der Waals surface area contributed by atoms with Gasteiger partial charge in [0.1, 0.15) is 30.0 Å². The Morgan fingerprint density at radius 2 is 1.65 bits per heavy atom. The molecule has 2 aromatic rings. The van der Waals surface area contributed by atoms with E-state index in [0.717, 1.165) is 32.1 Å². The van der Waals surface area contributed by atoms with Gasteiger partial charge in [0.05, 0.1) is 51.3 Å². The highest BCUT2D eigenvalue weighted by molar-refractivity contribution is 5.92. The van der Waals surface area contributed by atoms with E-state index in [-0.39, 0.29) is 38.4 Å². The average Bonchev–Trinajstić information content (AvgIpc) is 3.87. The summed E-state index contributed by atoms with van der Waals surface area (Å²) < 4.78 is 10.8. The Kier molecular flexibility index (Phi) is 13.1. The van der Waals surface area contributed by atoms with E-state index in [0.29, 0.717) is 30.0 Å². The Hall–Kier alpha value is -4.41. The van der Waals surface area contributed by atoms with Crippen LogP contribution in [0.4, 0.5) is 9.59 Å². The van der Waals surface area contributed by atoms with Gasteiger partial charge in [-0.25, -0.2) is 14.6 Å². The summed E-state index contributed by atoms with van der Waals surface area (Å²) in [5, 5.41) is 40.1. The predicted octanol–water partition coefficient (Wildman–Crippen LogP) is 0.461. The summed E-state index contributed by atoms with van der Waals surface area (Å²) in [5.74, 6) is -0.341. The van der Waals surface area contributed by atoms with Crippen LogP contribution in [0.1, 0.15) is 56.7 Å². The molecule has 0 spiro atoms. The summed E-state index contributed by atoms with van der Waals surface area (Å²) in [6.45, 7) is 2.23. The second kappa shape index (κ2) is 17.7. The van der Waals surface area contributed by atoms with Gasteiger partial charge in [-0.3, -0.25) is 9.59 Å². The number of ether oxygens (including phenoxy) is 2. The van der Waals surface area contributed by atoms with Crippen molar-refractivity contribution >= 4 is 23.9 Å². The first kappa shape index (κ1) is 37.8. The van der Waals surface area contributed by atoms with E-state index in [4.69, 9.17) is 9.47 Å². The fourth-order valence-corrected chi connectivity index (χ4v) is 7.06. The van der Waals surface area contributed by atoms with Gasteiger partial charge in [0.2, 0.25) is 11.8 Å². The quantitative estimate of drug-likeness (QED) is 0.135. The minimum atomic E-state index is -1.19. The minimum absolute atomic E-state index is 0.0273. The first-order valence-electron chi connectivity index (χ1n) is 17.8. The van der Waals surface area contributed by atoms with Crippen LogP contribution in [0.3, 0.4) is 0 Å². The lowest BCUT2D eigenvalue weighted by atomic mass is 9.83. The molecule has 0 bridgehead atoms. The van der Waals surface area contributed by atoms with Crippen LogP contribution in [-0.4, -0.2) is 135 Å². The number of urea groups is 1. The molecule has 1 aromatic carbocycles. The third-order valence-electron chi connectivity index (χ3n) is 10.1. The lowest BCUT2D eigenvalue weighted by molar-refractivity contribution is -0.131. The van der Waals surface area contributed by atoms with Crippen molar-refractivity contribution in [3.05, 3.63) is 48.0 Å². The second-order valence-electron chi connectivity index (χ2n) is 13.7. The average molecular weight is 714 g/mol. The Labute approximate surface area is 297 Å². The van der Waals surface area contributed by atoms with Crippen molar-refractivity contribution in [2.75, 3.05) is 33.3 Å². The highest BCUT2D eigenvalue weighted by Gasteiger charge is 2.41. The van der Waals surface area contributed by atoms with Crippen molar-refractivity contribution in [1.82, 2.24) is 35.7 Å². The van der Waals surface area contributed by atoms with Gasteiger partial charge in [-0.05, 0) is 37.0 Å². The number of hydrogen-bond donors (Lipinski definition) is 7. The van der Waals surface area contributed by atoms with E-state index in [1.807, 2.05) is 6.92 Å². The van der Waals surface area contributed by atoms with Gasteiger partial charge < -0.3 is 55.5 Å². The molecule has 3 heterocycles. The Balaban J connectivity index is 1.36. The number of aliphatic hydroxyl groups is 3. The van der Waals surface area contributed by atoms with E-state index >= 15 is 0 Å². The van der Waals surface area contributed by atoms with Gasteiger partial charge >= 0.3 is 12.1 Å². The van der Waals surface area contributed by atoms with Crippen LogP contribution in [0.2, 0.25) is 0 Å². The highest BCUT2D eigenvalue weighted by atomic mass is 16.6. The molecule has 0 unspecified atom stereocenters. The summed E-state index contributed by atoms with van der Waals surface area (Å²) >= 11 is 0. The zero-order chi connectivity index (χ0) is 36.5. The van der Waals surface area contributed by atoms with Gasteiger partial charge in [-0.1, -0.05) is 44.2 Å². The zero-order valence-corrected chi connectivity index (χ0v) is 29.2. The maximum Gasteiger partial charge on any atom is 0.410 e. The number of hydrogen-bond acceptors (Lipinski definition) is 10. The number of rotatable bonds is 15. The number of imidazole rings is 1. The van der Waals surface area contributed by atoms with Crippen molar-refractivity contribution in [2.45, 2.75) is 101 Å². The number of likely N-dealkylation sites (N-methyl/N-ethyl adjacent to an activating group) is 1. The first-order valence-corrected chi connectivity index (χ1v) is 17.8. The molecule has 7 atom stereocenters. The third-order valence-corrected chi connectivity index (χ3v) is 10.1. The number of nitrogens with zero attached hydrogens (tertiary/aromatic N) is 3. The van der Waals surface area contributed by atoms with Gasteiger partial charge in [0.25, 0.3) is 0 Å². The van der Waals surface area contributed by atoms with Crippen LogP contribution < -0.4 is 20.7 Å². The molecular weight excluding hydrogens is 662 g/mol. The smallest absolute Gasteiger partial charge is 0.410 e. The SMILES string of the molecule is CCN1C[C@@H]([C@H](O)[C@H](CC2CCCCC2)NC(=O)[C@H](Cc2cnc[nH]2)NC(=O)[C@H](Cc2ccc(OC)cc2)NC(=O)N2C[C@@H](O)[C@@H](O)C2)OC1=O. The number of amides is 5. The molecule has 16 nitrogen and oxygen atoms in total. The van der Waals surface area contributed by atoms with Crippen molar-refractivity contribution in [2.24, 2.45) is 5.92 Å². The van der Waals surface area contributed by atoms with Crippen LogP contribution in [-0.2, 0) is 27.2 Å². The molecule has 1 aromatic heterocycles. The molecule has 51 heavy (non-hydrogen) atoms. The van der Waals surface area contributed by atoms with E-state index in [1.54, 1.807) is 30.5 Å². The number of benzene rings is 1. The molecule has 280 valence electrons. The molecule has 2 aliphatic heterocycles. The lowest BCUT2D eigenvalue weighted by Gasteiger charge is -2.33. The molecule has 5 amide bonds. The van der Waals surface area contributed by atoms with Crippen LogP contribution in [0, 0.1) is 5.92 Å². The van der Waals surface area contributed by atoms with Crippen molar-refractivity contribution in [1.29, 1.82) is 0 Å². The van der Waals surface area contributed by atoms with E-state index in [1.165, 1.54) is 23.2 Å². The van der Waals surface area contributed by atoms with Gasteiger partial charge in [0.15, 0.2) is 0 Å². The fraction of sp³-hybridized carbons (Fsp3) is 0.629. The third kappa shape index (κ3) is 10.1. The largest absolute Gasteiger partial charge is 0.497 e.